The van der Waals surface area contributed by atoms with E-state index < -0.39 is 0 Å². The second kappa shape index (κ2) is 5.63. The number of hydrogen-bond donors (Lipinski definition) is 1. The summed E-state index contributed by atoms with van der Waals surface area (Å²) < 4.78 is 19.0. The van der Waals surface area contributed by atoms with Crippen LogP contribution < -0.4 is 10.1 Å². The van der Waals surface area contributed by atoms with E-state index in [0.717, 1.165) is 24.3 Å². The molecular weight excluding hydrogens is 253 g/mol. The van der Waals surface area contributed by atoms with Gasteiger partial charge in [0.2, 0.25) is 0 Å². The van der Waals surface area contributed by atoms with Crippen molar-refractivity contribution in [3.05, 3.63) is 65.0 Å². The summed E-state index contributed by atoms with van der Waals surface area (Å²) in [4.78, 5) is 0. The highest BCUT2D eigenvalue weighted by Gasteiger charge is 2.18. The van der Waals surface area contributed by atoms with E-state index >= 15 is 0 Å². The molecule has 0 saturated heterocycles. The zero-order valence-corrected chi connectivity index (χ0v) is 11.5. The molecule has 0 aliphatic carbocycles. The molecule has 1 unspecified atom stereocenters. The molecule has 1 N–H and O–H groups in total. The highest BCUT2D eigenvalue weighted by Crippen LogP contribution is 2.19. The Kier molecular flexibility index (Phi) is 3.70. The first-order valence-corrected chi connectivity index (χ1v) is 6.91. The van der Waals surface area contributed by atoms with Crippen LogP contribution in [0.3, 0.4) is 0 Å². The van der Waals surface area contributed by atoms with Gasteiger partial charge in [0.15, 0.2) is 0 Å². The van der Waals surface area contributed by atoms with E-state index in [1.165, 1.54) is 17.2 Å². The molecule has 0 bridgehead atoms. The predicted octanol–water partition coefficient (Wildman–Crippen LogP) is 3.23. The molecule has 0 aromatic heterocycles. The zero-order valence-electron chi connectivity index (χ0n) is 11.5. The van der Waals surface area contributed by atoms with E-state index in [1.54, 1.807) is 6.07 Å². The minimum Gasteiger partial charge on any atom is -0.492 e. The molecular formula is C17H18FNO. The maximum atomic E-state index is 13.3. The van der Waals surface area contributed by atoms with E-state index in [4.69, 9.17) is 4.74 Å². The van der Waals surface area contributed by atoms with Gasteiger partial charge in [-0.2, -0.15) is 0 Å². The average molecular weight is 271 g/mol. The van der Waals surface area contributed by atoms with Crippen molar-refractivity contribution in [3.8, 4) is 5.75 Å². The van der Waals surface area contributed by atoms with Crippen LogP contribution in [-0.2, 0) is 13.0 Å². The first kappa shape index (κ1) is 13.1. The van der Waals surface area contributed by atoms with Crippen LogP contribution in [0.25, 0.3) is 0 Å². The molecule has 0 radical (unpaired) electrons. The van der Waals surface area contributed by atoms with Gasteiger partial charge in [-0.25, -0.2) is 4.39 Å². The Morgan fingerprint density at radius 1 is 1.15 bits per heavy atom. The molecule has 2 aromatic rings. The van der Waals surface area contributed by atoms with Gasteiger partial charge in [0, 0.05) is 12.6 Å². The summed E-state index contributed by atoms with van der Waals surface area (Å²) in [5.74, 6) is 0.714. The number of rotatable bonds is 3. The number of nitrogens with one attached hydrogen (secondary N) is 1. The molecule has 1 aliphatic rings. The number of aryl methyl sites for hydroxylation is 1. The van der Waals surface area contributed by atoms with Crippen molar-refractivity contribution in [3.63, 3.8) is 0 Å². The standard InChI is InChI=1S/C17H18FNO/c1-12-2-6-17(7-3-12)20-11-16-9-14-8-15(18)5-4-13(14)10-19-16/h2-8,16,19H,9-11H2,1H3. The van der Waals surface area contributed by atoms with Crippen molar-refractivity contribution in [1.29, 1.82) is 0 Å². The molecule has 0 amide bonds. The normalized spacial score (nSPS) is 17.6. The minimum absolute atomic E-state index is 0.163. The van der Waals surface area contributed by atoms with E-state index in [0.29, 0.717) is 6.61 Å². The lowest BCUT2D eigenvalue weighted by molar-refractivity contribution is 0.256. The Morgan fingerprint density at radius 3 is 2.75 bits per heavy atom. The lowest BCUT2D eigenvalue weighted by Gasteiger charge is -2.26. The summed E-state index contributed by atoms with van der Waals surface area (Å²) in [5.41, 5.74) is 3.48. The summed E-state index contributed by atoms with van der Waals surface area (Å²) in [6, 6.07) is 13.3. The summed E-state index contributed by atoms with van der Waals surface area (Å²) in [5, 5.41) is 3.43. The maximum absolute atomic E-state index is 13.3. The van der Waals surface area contributed by atoms with Gasteiger partial charge in [0.25, 0.3) is 0 Å². The summed E-state index contributed by atoms with van der Waals surface area (Å²) in [6.07, 6.45) is 0.805. The SMILES string of the molecule is Cc1ccc(OCC2Cc3cc(F)ccc3CN2)cc1. The van der Waals surface area contributed by atoms with Gasteiger partial charge in [-0.3, -0.25) is 0 Å². The molecule has 1 heterocycles. The number of halogens is 1. The molecule has 2 aromatic carbocycles. The summed E-state index contributed by atoms with van der Waals surface area (Å²) >= 11 is 0. The first-order valence-electron chi connectivity index (χ1n) is 6.91. The van der Waals surface area contributed by atoms with Crippen LogP contribution in [0.15, 0.2) is 42.5 Å². The third-order valence-corrected chi connectivity index (χ3v) is 3.69. The van der Waals surface area contributed by atoms with Gasteiger partial charge in [0.05, 0.1) is 0 Å². The topological polar surface area (TPSA) is 21.3 Å². The van der Waals surface area contributed by atoms with Crippen LogP contribution >= 0.6 is 0 Å². The number of hydrogen-bond acceptors (Lipinski definition) is 2. The fraction of sp³-hybridized carbons (Fsp3) is 0.294. The molecule has 3 rings (SSSR count). The second-order valence-electron chi connectivity index (χ2n) is 5.32. The average Bonchev–Trinajstić information content (AvgIpc) is 2.46. The molecule has 1 atom stereocenters. The Balaban J connectivity index is 1.61. The molecule has 3 heteroatoms. The molecule has 1 aliphatic heterocycles. The van der Waals surface area contributed by atoms with Gasteiger partial charge in [-0.05, 0) is 48.7 Å². The van der Waals surface area contributed by atoms with Crippen molar-refractivity contribution in [1.82, 2.24) is 5.32 Å². The molecule has 20 heavy (non-hydrogen) atoms. The van der Waals surface area contributed by atoms with Crippen LogP contribution in [0.1, 0.15) is 16.7 Å². The van der Waals surface area contributed by atoms with Crippen LogP contribution in [0.5, 0.6) is 5.75 Å². The lowest BCUT2D eigenvalue weighted by atomic mass is 9.96. The number of fused-ring (bicyclic) bond motifs is 1. The molecule has 104 valence electrons. The fourth-order valence-corrected chi connectivity index (χ4v) is 2.50. The third kappa shape index (κ3) is 2.99. The number of benzene rings is 2. The lowest BCUT2D eigenvalue weighted by Crippen LogP contribution is -2.40. The van der Waals surface area contributed by atoms with Crippen molar-refractivity contribution in [2.24, 2.45) is 0 Å². The van der Waals surface area contributed by atoms with Gasteiger partial charge in [-0.15, -0.1) is 0 Å². The molecule has 2 nitrogen and oxygen atoms in total. The number of ether oxygens (including phenoxy) is 1. The highest BCUT2D eigenvalue weighted by atomic mass is 19.1. The van der Waals surface area contributed by atoms with E-state index in [1.807, 2.05) is 30.3 Å². The van der Waals surface area contributed by atoms with Crippen LogP contribution in [0.2, 0.25) is 0 Å². The third-order valence-electron chi connectivity index (χ3n) is 3.69. The van der Waals surface area contributed by atoms with Crippen molar-refractivity contribution < 1.29 is 9.13 Å². The van der Waals surface area contributed by atoms with E-state index in [-0.39, 0.29) is 11.9 Å². The van der Waals surface area contributed by atoms with E-state index in [9.17, 15) is 4.39 Å². The van der Waals surface area contributed by atoms with Crippen LogP contribution in [0.4, 0.5) is 4.39 Å². The van der Waals surface area contributed by atoms with Crippen molar-refractivity contribution in [2.45, 2.75) is 25.9 Å². The second-order valence-corrected chi connectivity index (χ2v) is 5.32. The summed E-state index contributed by atoms with van der Waals surface area (Å²) in [6.45, 7) is 3.43. The molecule has 0 saturated carbocycles. The molecule has 0 spiro atoms. The monoisotopic (exact) mass is 271 g/mol. The highest BCUT2D eigenvalue weighted by molar-refractivity contribution is 5.31. The van der Waals surface area contributed by atoms with E-state index in [2.05, 4.69) is 12.2 Å². The Morgan fingerprint density at radius 2 is 1.95 bits per heavy atom. The quantitative estimate of drug-likeness (QED) is 0.925. The van der Waals surface area contributed by atoms with Crippen LogP contribution in [-0.4, -0.2) is 12.6 Å². The minimum atomic E-state index is -0.163. The van der Waals surface area contributed by atoms with Crippen molar-refractivity contribution in [2.75, 3.05) is 6.61 Å². The molecule has 0 fully saturated rings. The first-order chi connectivity index (χ1) is 9.70. The Hall–Kier alpha value is -1.87. The maximum Gasteiger partial charge on any atom is 0.123 e. The van der Waals surface area contributed by atoms with Gasteiger partial charge in [-0.1, -0.05) is 23.8 Å². The Labute approximate surface area is 118 Å². The predicted molar refractivity (Wildman–Crippen MR) is 77.4 cm³/mol. The van der Waals surface area contributed by atoms with Crippen LogP contribution in [0, 0.1) is 12.7 Å². The Bertz CT molecular complexity index is 594. The van der Waals surface area contributed by atoms with Gasteiger partial charge >= 0.3 is 0 Å². The van der Waals surface area contributed by atoms with Gasteiger partial charge < -0.3 is 10.1 Å². The fourth-order valence-electron chi connectivity index (χ4n) is 2.50. The zero-order chi connectivity index (χ0) is 13.9. The summed E-state index contributed by atoms with van der Waals surface area (Å²) in [7, 11) is 0. The van der Waals surface area contributed by atoms with Crippen molar-refractivity contribution >= 4 is 0 Å². The van der Waals surface area contributed by atoms with Gasteiger partial charge in [0.1, 0.15) is 18.2 Å². The smallest absolute Gasteiger partial charge is 0.123 e. The largest absolute Gasteiger partial charge is 0.492 e.